The number of hydrogen-bond acceptors (Lipinski definition) is 4. The van der Waals surface area contributed by atoms with Crippen LogP contribution in [0.5, 0.6) is 0 Å². The first-order valence-corrected chi connectivity index (χ1v) is 8.86. The van der Waals surface area contributed by atoms with Crippen molar-refractivity contribution in [1.29, 1.82) is 0 Å². The van der Waals surface area contributed by atoms with E-state index in [1.807, 2.05) is 35.2 Å². The molecule has 6 nitrogen and oxygen atoms in total. The zero-order valence-electron chi connectivity index (χ0n) is 14.4. The number of benzene rings is 1. The third kappa shape index (κ3) is 2.94. The first-order chi connectivity index (χ1) is 12.8. The van der Waals surface area contributed by atoms with Gasteiger partial charge in [0.15, 0.2) is 0 Å². The fraction of sp³-hybridized carbons (Fsp3) is 0.250. The molecule has 0 bridgehead atoms. The summed E-state index contributed by atoms with van der Waals surface area (Å²) in [5.74, 6) is 0.761. The number of hydrogen-bond donors (Lipinski definition) is 2. The number of anilines is 1. The summed E-state index contributed by atoms with van der Waals surface area (Å²) in [5, 5.41) is 0. The zero-order valence-corrected chi connectivity index (χ0v) is 14.4. The molecule has 0 saturated carbocycles. The number of nitrogens with one attached hydrogen (secondary N) is 1. The summed E-state index contributed by atoms with van der Waals surface area (Å²) in [5.41, 5.74) is 8.82. The van der Waals surface area contributed by atoms with Crippen molar-refractivity contribution in [3.05, 3.63) is 66.4 Å². The van der Waals surface area contributed by atoms with Crippen LogP contribution in [0.25, 0.3) is 11.3 Å². The van der Waals surface area contributed by atoms with Gasteiger partial charge < -0.3 is 15.6 Å². The van der Waals surface area contributed by atoms with Gasteiger partial charge in [0.05, 0.1) is 23.0 Å². The van der Waals surface area contributed by atoms with Crippen LogP contribution in [-0.2, 0) is 0 Å². The van der Waals surface area contributed by atoms with Gasteiger partial charge in [-0.25, -0.2) is 4.98 Å². The van der Waals surface area contributed by atoms with Crippen LogP contribution in [0.2, 0.25) is 0 Å². The monoisotopic (exact) mass is 347 g/mol. The van der Waals surface area contributed by atoms with E-state index in [4.69, 9.17) is 5.73 Å². The fourth-order valence-electron chi connectivity index (χ4n) is 3.56. The third-order valence-electron chi connectivity index (χ3n) is 4.87. The lowest BCUT2D eigenvalue weighted by molar-refractivity contribution is 0.0602. The molecule has 1 atom stereocenters. The highest BCUT2D eigenvalue weighted by Crippen LogP contribution is 2.33. The number of amides is 1. The minimum Gasteiger partial charge on any atom is -0.396 e. The Balaban J connectivity index is 1.69. The molecular weight excluding hydrogens is 326 g/mol. The molecule has 3 heterocycles. The highest BCUT2D eigenvalue weighted by atomic mass is 16.2. The first-order valence-electron chi connectivity index (χ1n) is 8.86. The molecule has 132 valence electrons. The predicted octanol–water partition coefficient (Wildman–Crippen LogP) is 3.42. The van der Waals surface area contributed by atoms with E-state index in [2.05, 4.69) is 15.0 Å². The van der Waals surface area contributed by atoms with Gasteiger partial charge in [-0.2, -0.15) is 0 Å². The SMILES string of the molecule is Nc1c(C(=O)N2CCCC[C@@H]2c2ncc[nH]2)ccnc1-c1ccccc1. The molecule has 3 N–H and O–H groups in total. The highest BCUT2D eigenvalue weighted by molar-refractivity contribution is 6.02. The average Bonchev–Trinajstić information content (AvgIpc) is 3.23. The number of aromatic nitrogens is 3. The van der Waals surface area contributed by atoms with Crippen molar-refractivity contribution in [2.45, 2.75) is 25.3 Å². The van der Waals surface area contributed by atoms with Crippen LogP contribution < -0.4 is 5.73 Å². The summed E-state index contributed by atoms with van der Waals surface area (Å²) in [7, 11) is 0. The number of carbonyl (C=O) groups excluding carboxylic acids is 1. The van der Waals surface area contributed by atoms with Crippen molar-refractivity contribution in [3.63, 3.8) is 0 Å². The minimum absolute atomic E-state index is 0.0426. The molecule has 4 rings (SSSR count). The Bertz CT molecular complexity index is 892. The van der Waals surface area contributed by atoms with Crippen LogP contribution in [0.4, 0.5) is 5.69 Å². The molecule has 1 aromatic carbocycles. The Kier molecular flexibility index (Phi) is 4.39. The fourth-order valence-corrected chi connectivity index (χ4v) is 3.56. The lowest BCUT2D eigenvalue weighted by atomic mass is 9.99. The van der Waals surface area contributed by atoms with Crippen molar-refractivity contribution in [1.82, 2.24) is 19.9 Å². The topological polar surface area (TPSA) is 87.9 Å². The van der Waals surface area contributed by atoms with Gasteiger partial charge in [0, 0.05) is 30.7 Å². The molecule has 0 unspecified atom stereocenters. The molecule has 1 fully saturated rings. The molecular formula is C20H21N5O. The van der Waals surface area contributed by atoms with Crippen molar-refractivity contribution in [2.24, 2.45) is 0 Å². The molecule has 6 heteroatoms. The molecule has 0 radical (unpaired) electrons. The van der Waals surface area contributed by atoms with Crippen LogP contribution in [0, 0.1) is 0 Å². The summed E-state index contributed by atoms with van der Waals surface area (Å²) < 4.78 is 0. The maximum Gasteiger partial charge on any atom is 0.256 e. The van der Waals surface area contributed by atoms with Crippen LogP contribution in [0.15, 0.2) is 55.0 Å². The molecule has 26 heavy (non-hydrogen) atoms. The van der Waals surface area contributed by atoms with Crippen LogP contribution >= 0.6 is 0 Å². The molecule has 1 saturated heterocycles. The maximum absolute atomic E-state index is 13.3. The molecule has 1 aliphatic heterocycles. The minimum atomic E-state index is -0.0665. The van der Waals surface area contributed by atoms with E-state index in [0.717, 1.165) is 30.7 Å². The van der Waals surface area contributed by atoms with Crippen molar-refractivity contribution < 1.29 is 4.79 Å². The Hall–Kier alpha value is -3.15. The van der Waals surface area contributed by atoms with E-state index in [0.29, 0.717) is 23.5 Å². The number of carbonyl (C=O) groups is 1. The standard InChI is InChI=1S/C20H21N5O/c21-17-15(9-10-22-18(17)14-6-2-1-3-7-14)20(26)25-13-5-4-8-16(25)19-23-11-12-24-19/h1-3,6-7,9-12,16H,4-5,8,13,21H2,(H,23,24)/t16-/m1/s1. The first kappa shape index (κ1) is 16.3. The maximum atomic E-state index is 13.3. The zero-order chi connectivity index (χ0) is 17.9. The van der Waals surface area contributed by atoms with Crippen LogP contribution in [0.1, 0.15) is 41.5 Å². The number of likely N-dealkylation sites (tertiary alicyclic amines) is 1. The number of pyridine rings is 1. The second-order valence-electron chi connectivity index (χ2n) is 6.47. The Labute approximate surface area is 152 Å². The highest BCUT2D eigenvalue weighted by Gasteiger charge is 2.31. The number of imidazole rings is 1. The van der Waals surface area contributed by atoms with Crippen LogP contribution in [0.3, 0.4) is 0 Å². The van der Waals surface area contributed by atoms with Gasteiger partial charge in [-0.05, 0) is 25.3 Å². The van der Waals surface area contributed by atoms with Crippen molar-refractivity contribution >= 4 is 11.6 Å². The van der Waals surface area contributed by atoms with Gasteiger partial charge in [-0.15, -0.1) is 0 Å². The molecule has 3 aromatic rings. The van der Waals surface area contributed by atoms with Crippen molar-refractivity contribution in [2.75, 3.05) is 12.3 Å². The van der Waals surface area contributed by atoms with E-state index in [1.165, 1.54) is 0 Å². The summed E-state index contributed by atoms with van der Waals surface area (Å²) in [6.07, 6.45) is 8.13. The molecule has 1 amide bonds. The summed E-state index contributed by atoms with van der Waals surface area (Å²) in [4.78, 5) is 27.1. The van der Waals surface area contributed by atoms with Gasteiger partial charge in [0.25, 0.3) is 5.91 Å². The van der Waals surface area contributed by atoms with Crippen molar-refractivity contribution in [3.8, 4) is 11.3 Å². The van der Waals surface area contributed by atoms with Crippen LogP contribution in [-0.4, -0.2) is 32.3 Å². The van der Waals surface area contributed by atoms with E-state index in [-0.39, 0.29) is 11.9 Å². The number of H-pyrrole nitrogens is 1. The van der Waals surface area contributed by atoms with E-state index >= 15 is 0 Å². The number of nitrogens with zero attached hydrogens (tertiary/aromatic N) is 3. The van der Waals surface area contributed by atoms with E-state index in [9.17, 15) is 4.79 Å². The second-order valence-corrected chi connectivity index (χ2v) is 6.47. The van der Waals surface area contributed by atoms with E-state index in [1.54, 1.807) is 24.7 Å². The third-order valence-corrected chi connectivity index (χ3v) is 4.87. The average molecular weight is 347 g/mol. The van der Waals surface area contributed by atoms with Gasteiger partial charge >= 0.3 is 0 Å². The lowest BCUT2D eigenvalue weighted by Gasteiger charge is -2.35. The number of nitrogen functional groups attached to an aromatic ring is 1. The van der Waals surface area contributed by atoms with Gasteiger partial charge in [-0.1, -0.05) is 30.3 Å². The van der Waals surface area contributed by atoms with E-state index < -0.39 is 0 Å². The number of aromatic amines is 1. The smallest absolute Gasteiger partial charge is 0.256 e. The second kappa shape index (κ2) is 7.00. The summed E-state index contributed by atoms with van der Waals surface area (Å²) in [6.45, 7) is 0.701. The molecule has 1 aliphatic rings. The molecule has 0 aliphatic carbocycles. The largest absolute Gasteiger partial charge is 0.396 e. The molecule has 0 spiro atoms. The number of rotatable bonds is 3. The van der Waals surface area contributed by atoms with Gasteiger partial charge in [0.1, 0.15) is 5.82 Å². The number of piperidine rings is 1. The quantitative estimate of drug-likeness (QED) is 0.760. The van der Waals surface area contributed by atoms with Gasteiger partial charge in [-0.3, -0.25) is 9.78 Å². The Morgan fingerprint density at radius 3 is 2.73 bits per heavy atom. The van der Waals surface area contributed by atoms with Gasteiger partial charge in [0.2, 0.25) is 0 Å². The summed E-state index contributed by atoms with van der Waals surface area (Å²) >= 11 is 0. The number of nitrogens with two attached hydrogens (primary N) is 1. The lowest BCUT2D eigenvalue weighted by Crippen LogP contribution is -2.39. The predicted molar refractivity (Wildman–Crippen MR) is 100 cm³/mol. The Morgan fingerprint density at radius 1 is 1.12 bits per heavy atom. The normalized spacial score (nSPS) is 17.2. The Morgan fingerprint density at radius 2 is 1.96 bits per heavy atom. The summed E-state index contributed by atoms with van der Waals surface area (Å²) in [6, 6.07) is 11.4. The molecule has 2 aromatic heterocycles.